The zero-order valence-corrected chi connectivity index (χ0v) is 15.8. The molecule has 4 rings (SSSR count). The second-order valence-corrected chi connectivity index (χ2v) is 7.53. The molecule has 1 saturated carbocycles. The Morgan fingerprint density at radius 1 is 1.35 bits per heavy atom. The van der Waals surface area contributed by atoms with Crippen LogP contribution in [-0.4, -0.2) is 40.1 Å². The van der Waals surface area contributed by atoms with Gasteiger partial charge in [-0.15, -0.1) is 0 Å². The van der Waals surface area contributed by atoms with Crippen molar-refractivity contribution in [2.24, 2.45) is 5.92 Å². The van der Waals surface area contributed by atoms with E-state index in [-0.39, 0.29) is 11.9 Å². The maximum Gasteiger partial charge on any atom is 0.258 e. The average Bonchev–Trinajstić information content (AvgIpc) is 3.25. The van der Waals surface area contributed by atoms with Crippen molar-refractivity contribution < 1.29 is 13.9 Å². The normalized spacial score (nSPS) is 19.7. The number of furan rings is 1. The summed E-state index contributed by atoms with van der Waals surface area (Å²) >= 11 is 0. The van der Waals surface area contributed by atoms with Crippen LogP contribution in [0.15, 0.2) is 16.7 Å². The number of imidazole rings is 1. The maximum atomic E-state index is 13.0. The molecule has 1 aliphatic heterocycles. The molecule has 6 heteroatoms. The van der Waals surface area contributed by atoms with Gasteiger partial charge in [-0.2, -0.15) is 0 Å². The molecule has 0 unspecified atom stereocenters. The molecule has 26 heavy (non-hydrogen) atoms. The van der Waals surface area contributed by atoms with Crippen molar-refractivity contribution in [3.05, 3.63) is 40.9 Å². The van der Waals surface area contributed by atoms with Gasteiger partial charge in [0.15, 0.2) is 0 Å². The molecular formula is C20H27N3O3. The second kappa shape index (κ2) is 6.91. The molecule has 1 amide bonds. The van der Waals surface area contributed by atoms with E-state index >= 15 is 0 Å². The zero-order valence-electron chi connectivity index (χ0n) is 15.8. The summed E-state index contributed by atoms with van der Waals surface area (Å²) in [4.78, 5) is 19.5. The summed E-state index contributed by atoms with van der Waals surface area (Å²) in [6, 6.07) is 1.78. The van der Waals surface area contributed by atoms with E-state index in [9.17, 15) is 4.79 Å². The second-order valence-electron chi connectivity index (χ2n) is 7.53. The molecule has 0 bridgehead atoms. The van der Waals surface area contributed by atoms with Crippen molar-refractivity contribution in [1.82, 2.24) is 14.5 Å². The van der Waals surface area contributed by atoms with Crippen LogP contribution in [0.1, 0.15) is 59.2 Å². The summed E-state index contributed by atoms with van der Waals surface area (Å²) in [5.41, 5.74) is 1.85. The highest BCUT2D eigenvalue weighted by Crippen LogP contribution is 2.30. The largest absolute Gasteiger partial charge is 0.466 e. The molecule has 0 N–H and O–H groups in total. The number of amides is 1. The van der Waals surface area contributed by atoms with Crippen LogP contribution in [0.4, 0.5) is 0 Å². The number of fused-ring (bicyclic) bond motifs is 1. The molecule has 6 nitrogen and oxygen atoms in total. The first-order chi connectivity index (χ1) is 12.5. The molecule has 2 aromatic rings. The highest BCUT2D eigenvalue weighted by atomic mass is 16.5. The summed E-state index contributed by atoms with van der Waals surface area (Å²) < 4.78 is 13.5. The van der Waals surface area contributed by atoms with Crippen LogP contribution in [0, 0.1) is 19.8 Å². The van der Waals surface area contributed by atoms with E-state index in [0.717, 1.165) is 43.7 Å². The van der Waals surface area contributed by atoms with Crippen LogP contribution >= 0.6 is 0 Å². The standard InChI is InChI=1S/C20H27N3O3/c1-13-10-18(15(3)26-13)20(24)22-7-8-23-17(11-21-19(23)14(22)2)6-9-25-12-16-4-5-16/h10-11,14,16H,4-9,12H2,1-3H3/t14-/m1/s1. The molecule has 2 aliphatic rings. The Morgan fingerprint density at radius 2 is 2.15 bits per heavy atom. The molecule has 140 valence electrons. The van der Waals surface area contributed by atoms with Gasteiger partial charge in [0, 0.05) is 38.0 Å². The molecule has 1 atom stereocenters. The molecule has 0 radical (unpaired) electrons. The third-order valence-electron chi connectivity index (χ3n) is 5.46. The van der Waals surface area contributed by atoms with E-state index in [1.807, 2.05) is 37.9 Å². The fourth-order valence-corrected chi connectivity index (χ4v) is 3.75. The molecular weight excluding hydrogens is 330 g/mol. The lowest BCUT2D eigenvalue weighted by Crippen LogP contribution is -2.41. The van der Waals surface area contributed by atoms with E-state index < -0.39 is 0 Å². The highest BCUT2D eigenvalue weighted by Gasteiger charge is 2.32. The number of rotatable bonds is 6. The van der Waals surface area contributed by atoms with Gasteiger partial charge in [0.2, 0.25) is 0 Å². The molecule has 1 aliphatic carbocycles. The minimum Gasteiger partial charge on any atom is -0.466 e. The Morgan fingerprint density at radius 3 is 2.85 bits per heavy atom. The van der Waals surface area contributed by atoms with E-state index in [4.69, 9.17) is 9.15 Å². The van der Waals surface area contributed by atoms with Gasteiger partial charge in [0.25, 0.3) is 5.91 Å². The first-order valence-corrected chi connectivity index (χ1v) is 9.54. The van der Waals surface area contributed by atoms with Gasteiger partial charge in [-0.3, -0.25) is 4.79 Å². The third-order valence-corrected chi connectivity index (χ3v) is 5.46. The molecule has 0 spiro atoms. The molecule has 0 saturated heterocycles. The SMILES string of the molecule is Cc1cc(C(=O)N2CCn3c(CCOCC4CC4)cnc3[C@H]2C)c(C)o1. The Labute approximate surface area is 154 Å². The predicted octanol–water partition coefficient (Wildman–Crippen LogP) is 3.28. The van der Waals surface area contributed by atoms with Crippen LogP contribution in [-0.2, 0) is 17.7 Å². The van der Waals surface area contributed by atoms with Gasteiger partial charge in [0.05, 0.1) is 18.2 Å². The van der Waals surface area contributed by atoms with Crippen LogP contribution in [0.3, 0.4) is 0 Å². The van der Waals surface area contributed by atoms with Gasteiger partial charge < -0.3 is 18.6 Å². The summed E-state index contributed by atoms with van der Waals surface area (Å²) in [5.74, 6) is 3.23. The Hall–Kier alpha value is -2.08. The number of carbonyl (C=O) groups is 1. The van der Waals surface area contributed by atoms with Crippen LogP contribution in [0.2, 0.25) is 0 Å². The van der Waals surface area contributed by atoms with E-state index in [1.54, 1.807) is 0 Å². The maximum absolute atomic E-state index is 13.0. The first kappa shape index (κ1) is 17.3. The Kier molecular flexibility index (Phi) is 4.61. The van der Waals surface area contributed by atoms with Crippen LogP contribution < -0.4 is 0 Å². The summed E-state index contributed by atoms with van der Waals surface area (Å²) in [5, 5.41) is 0. The summed E-state index contributed by atoms with van der Waals surface area (Å²) in [7, 11) is 0. The number of aryl methyl sites for hydroxylation is 2. The van der Waals surface area contributed by atoms with Crippen LogP contribution in [0.25, 0.3) is 0 Å². The van der Waals surface area contributed by atoms with Crippen molar-refractivity contribution >= 4 is 5.91 Å². The quantitative estimate of drug-likeness (QED) is 0.745. The summed E-state index contributed by atoms with van der Waals surface area (Å²) in [6.07, 6.45) is 5.45. The number of carbonyl (C=O) groups excluding carboxylic acids is 1. The van der Waals surface area contributed by atoms with Gasteiger partial charge in [-0.05, 0) is 45.6 Å². The van der Waals surface area contributed by atoms with Gasteiger partial charge >= 0.3 is 0 Å². The van der Waals surface area contributed by atoms with E-state index in [2.05, 4.69) is 9.55 Å². The van der Waals surface area contributed by atoms with E-state index in [0.29, 0.717) is 17.9 Å². The number of hydrogen-bond acceptors (Lipinski definition) is 4. The molecule has 2 aromatic heterocycles. The molecule has 1 fully saturated rings. The van der Waals surface area contributed by atoms with Gasteiger partial charge in [-0.1, -0.05) is 0 Å². The fourth-order valence-electron chi connectivity index (χ4n) is 3.75. The number of aromatic nitrogens is 2. The lowest BCUT2D eigenvalue weighted by Gasteiger charge is -2.34. The smallest absolute Gasteiger partial charge is 0.258 e. The van der Waals surface area contributed by atoms with Crippen molar-refractivity contribution in [3.8, 4) is 0 Å². The number of hydrogen-bond donors (Lipinski definition) is 0. The molecule has 0 aromatic carbocycles. The fraction of sp³-hybridized carbons (Fsp3) is 0.600. The van der Waals surface area contributed by atoms with E-state index in [1.165, 1.54) is 18.5 Å². The zero-order chi connectivity index (χ0) is 18.3. The number of ether oxygens (including phenoxy) is 1. The lowest BCUT2D eigenvalue weighted by atomic mass is 10.1. The summed E-state index contributed by atoms with van der Waals surface area (Å²) in [6.45, 7) is 8.85. The highest BCUT2D eigenvalue weighted by molar-refractivity contribution is 5.95. The third kappa shape index (κ3) is 3.30. The Bertz CT molecular complexity index is 803. The lowest BCUT2D eigenvalue weighted by molar-refractivity contribution is 0.0633. The predicted molar refractivity (Wildman–Crippen MR) is 97.1 cm³/mol. The monoisotopic (exact) mass is 357 g/mol. The minimum atomic E-state index is -0.0491. The topological polar surface area (TPSA) is 60.5 Å². The van der Waals surface area contributed by atoms with Crippen LogP contribution in [0.5, 0.6) is 0 Å². The Balaban J connectivity index is 1.44. The van der Waals surface area contributed by atoms with Gasteiger partial charge in [-0.25, -0.2) is 4.98 Å². The number of nitrogens with zero attached hydrogens (tertiary/aromatic N) is 3. The first-order valence-electron chi connectivity index (χ1n) is 9.54. The van der Waals surface area contributed by atoms with Gasteiger partial charge in [0.1, 0.15) is 17.3 Å². The molecule has 3 heterocycles. The average molecular weight is 357 g/mol. The van der Waals surface area contributed by atoms with Crippen molar-refractivity contribution in [3.63, 3.8) is 0 Å². The van der Waals surface area contributed by atoms with Crippen molar-refractivity contribution in [2.45, 2.75) is 52.6 Å². The van der Waals surface area contributed by atoms with Crippen molar-refractivity contribution in [1.29, 1.82) is 0 Å². The van der Waals surface area contributed by atoms with Crippen molar-refractivity contribution in [2.75, 3.05) is 19.8 Å². The minimum absolute atomic E-state index is 0.0235.